The molecule has 0 aliphatic carbocycles. The van der Waals surface area contributed by atoms with Crippen molar-refractivity contribution in [1.29, 1.82) is 0 Å². The van der Waals surface area contributed by atoms with Gasteiger partial charge in [-0.05, 0) is 36.8 Å². The molecule has 0 bridgehead atoms. The lowest BCUT2D eigenvalue weighted by molar-refractivity contribution is -0.136. The lowest BCUT2D eigenvalue weighted by atomic mass is 10.2. The first-order chi connectivity index (χ1) is 12.5. The number of ether oxygens (including phenoxy) is 1. The summed E-state index contributed by atoms with van der Waals surface area (Å²) in [6.07, 6.45) is 3.68. The zero-order valence-corrected chi connectivity index (χ0v) is 14.6. The number of benzene rings is 1. The second-order valence-electron chi connectivity index (χ2n) is 5.93. The molecule has 2 N–H and O–H groups in total. The lowest BCUT2D eigenvalue weighted by Gasteiger charge is -2.15. The van der Waals surface area contributed by atoms with Crippen LogP contribution < -0.4 is 5.32 Å². The van der Waals surface area contributed by atoms with E-state index in [-0.39, 0.29) is 36.9 Å². The number of hydrogen-bond donors (Lipinski definition) is 2. The highest BCUT2D eigenvalue weighted by Crippen LogP contribution is 2.23. The number of hydrogen-bond acceptors (Lipinski definition) is 6. The van der Waals surface area contributed by atoms with Crippen LogP contribution in [0.1, 0.15) is 5.56 Å². The summed E-state index contributed by atoms with van der Waals surface area (Å²) in [6.45, 7) is 2.05. The number of esters is 1. The average Bonchev–Trinajstić information content (AvgIpc) is 3.21. The number of anilines is 1. The smallest absolute Gasteiger partial charge is 0.337 e. The Labute approximate surface area is 150 Å². The van der Waals surface area contributed by atoms with E-state index >= 15 is 0 Å². The number of aryl methyl sites for hydroxylation is 1. The summed E-state index contributed by atoms with van der Waals surface area (Å²) >= 11 is 0. The summed E-state index contributed by atoms with van der Waals surface area (Å²) in [5.74, 6) is -0.906. The first-order valence-corrected chi connectivity index (χ1v) is 8.14. The molecule has 136 valence electrons. The maximum absolute atomic E-state index is 12.5. The summed E-state index contributed by atoms with van der Waals surface area (Å²) in [4.78, 5) is 25.9. The molecular weight excluding hydrogens is 336 g/mol. The fraction of sp³-hybridized carbons (Fsp3) is 0.278. The molecule has 0 saturated heterocycles. The van der Waals surface area contributed by atoms with Gasteiger partial charge in [-0.25, -0.2) is 9.48 Å². The van der Waals surface area contributed by atoms with Crippen molar-refractivity contribution in [3.63, 3.8) is 0 Å². The van der Waals surface area contributed by atoms with Gasteiger partial charge in [0, 0.05) is 18.4 Å². The van der Waals surface area contributed by atoms with Gasteiger partial charge in [0.2, 0.25) is 0 Å². The second-order valence-corrected chi connectivity index (χ2v) is 5.93. The summed E-state index contributed by atoms with van der Waals surface area (Å²) in [7, 11) is 1.27. The maximum Gasteiger partial charge on any atom is 0.337 e. The maximum atomic E-state index is 12.5. The predicted octanol–water partition coefficient (Wildman–Crippen LogP) is 0.854. The van der Waals surface area contributed by atoms with Gasteiger partial charge in [0.1, 0.15) is 5.70 Å². The molecule has 1 aliphatic rings. The Morgan fingerprint density at radius 2 is 2.08 bits per heavy atom. The zero-order chi connectivity index (χ0) is 18.7. The molecule has 0 fully saturated rings. The normalized spacial score (nSPS) is 14.1. The van der Waals surface area contributed by atoms with E-state index < -0.39 is 5.97 Å². The van der Waals surface area contributed by atoms with Gasteiger partial charge in [0.15, 0.2) is 0 Å². The van der Waals surface area contributed by atoms with Crippen LogP contribution in [0, 0.1) is 6.92 Å². The van der Waals surface area contributed by atoms with Crippen molar-refractivity contribution in [2.45, 2.75) is 6.92 Å². The summed E-state index contributed by atoms with van der Waals surface area (Å²) < 4.78 is 6.52. The number of amides is 1. The van der Waals surface area contributed by atoms with Crippen LogP contribution in [-0.2, 0) is 14.3 Å². The van der Waals surface area contributed by atoms with Gasteiger partial charge in [0.05, 0.1) is 37.7 Å². The van der Waals surface area contributed by atoms with Gasteiger partial charge in [-0.15, -0.1) is 0 Å². The minimum atomic E-state index is -0.565. The number of rotatable bonds is 6. The molecule has 0 spiro atoms. The monoisotopic (exact) mass is 356 g/mol. The predicted molar refractivity (Wildman–Crippen MR) is 94.6 cm³/mol. The third kappa shape index (κ3) is 3.45. The Morgan fingerprint density at radius 1 is 1.35 bits per heavy atom. The Hall–Kier alpha value is -3.13. The molecule has 8 heteroatoms. The number of aliphatic hydroxyl groups excluding tert-OH is 1. The molecule has 8 nitrogen and oxygen atoms in total. The van der Waals surface area contributed by atoms with E-state index in [0.717, 1.165) is 11.3 Å². The summed E-state index contributed by atoms with van der Waals surface area (Å²) in [5, 5.41) is 16.3. The Morgan fingerprint density at radius 3 is 2.65 bits per heavy atom. The molecule has 1 aromatic carbocycles. The van der Waals surface area contributed by atoms with Crippen molar-refractivity contribution in [2.24, 2.45) is 0 Å². The highest BCUT2D eigenvalue weighted by atomic mass is 16.5. The third-order valence-electron chi connectivity index (χ3n) is 4.07. The molecule has 0 saturated carbocycles. The first kappa shape index (κ1) is 17.7. The van der Waals surface area contributed by atoms with E-state index in [2.05, 4.69) is 10.4 Å². The number of aromatic nitrogens is 2. The molecule has 3 rings (SSSR count). The molecule has 0 radical (unpaired) electrons. The third-order valence-corrected chi connectivity index (χ3v) is 4.07. The number of nitrogens with zero attached hydrogens (tertiary/aromatic N) is 3. The van der Waals surface area contributed by atoms with Gasteiger partial charge in [-0.1, -0.05) is 0 Å². The van der Waals surface area contributed by atoms with E-state index in [9.17, 15) is 9.59 Å². The lowest BCUT2D eigenvalue weighted by Crippen LogP contribution is -2.31. The number of carbonyl (C=O) groups is 2. The van der Waals surface area contributed by atoms with E-state index in [1.807, 2.05) is 25.3 Å². The van der Waals surface area contributed by atoms with E-state index in [1.54, 1.807) is 23.0 Å². The number of β-amino-alcohol motifs (C(OH)–C–C–N with tert-alkyl or cyclic N) is 1. The second kappa shape index (κ2) is 7.40. The van der Waals surface area contributed by atoms with Crippen molar-refractivity contribution in [2.75, 3.05) is 32.1 Å². The van der Waals surface area contributed by atoms with Crippen LogP contribution in [-0.4, -0.2) is 58.5 Å². The number of carbonyl (C=O) groups excluding carboxylic acids is 2. The average molecular weight is 356 g/mol. The standard InChI is InChI=1S/C18H20N4O4/c1-12-9-19-22(10-12)14-5-3-13(4-6-14)20-16-15(18(25)26-2)11-21(7-8-23)17(16)24/h3-6,9-10,20,23H,7-8,11H2,1-2H3. The van der Waals surface area contributed by atoms with Crippen molar-refractivity contribution in [1.82, 2.24) is 14.7 Å². The minimum Gasteiger partial charge on any atom is -0.466 e. The summed E-state index contributed by atoms with van der Waals surface area (Å²) in [5.41, 5.74) is 3.02. The highest BCUT2D eigenvalue weighted by molar-refractivity contribution is 6.08. The van der Waals surface area contributed by atoms with Gasteiger partial charge < -0.3 is 20.1 Å². The van der Waals surface area contributed by atoms with Gasteiger partial charge in [-0.3, -0.25) is 4.79 Å². The Kier molecular flexibility index (Phi) is 5.04. The summed E-state index contributed by atoms with van der Waals surface area (Å²) in [6, 6.07) is 7.32. The Balaban J connectivity index is 1.83. The fourth-order valence-electron chi connectivity index (χ4n) is 2.74. The van der Waals surface area contributed by atoms with Crippen LogP contribution in [0.2, 0.25) is 0 Å². The molecule has 2 heterocycles. The molecular formula is C18H20N4O4. The molecule has 0 atom stereocenters. The van der Waals surface area contributed by atoms with Gasteiger partial charge in [0.25, 0.3) is 5.91 Å². The zero-order valence-electron chi connectivity index (χ0n) is 14.6. The molecule has 1 amide bonds. The highest BCUT2D eigenvalue weighted by Gasteiger charge is 2.34. The fourth-order valence-corrected chi connectivity index (χ4v) is 2.74. The van der Waals surface area contributed by atoms with Crippen LogP contribution >= 0.6 is 0 Å². The number of aliphatic hydroxyl groups is 1. The minimum absolute atomic E-state index is 0.110. The van der Waals surface area contributed by atoms with Crippen molar-refractivity contribution >= 4 is 17.6 Å². The van der Waals surface area contributed by atoms with Crippen LogP contribution in [0.5, 0.6) is 0 Å². The van der Waals surface area contributed by atoms with E-state index in [4.69, 9.17) is 9.84 Å². The molecule has 1 aromatic heterocycles. The van der Waals surface area contributed by atoms with Crippen LogP contribution in [0.4, 0.5) is 5.69 Å². The van der Waals surface area contributed by atoms with Crippen LogP contribution in [0.25, 0.3) is 5.69 Å². The SMILES string of the molecule is COC(=O)C1=C(Nc2ccc(-n3cc(C)cn3)cc2)C(=O)N(CCO)C1. The number of methoxy groups -OCH3 is 1. The molecule has 1 aliphatic heterocycles. The van der Waals surface area contributed by atoms with Gasteiger partial charge >= 0.3 is 5.97 Å². The number of nitrogens with one attached hydrogen (secondary N) is 1. The Bertz CT molecular complexity index is 854. The van der Waals surface area contributed by atoms with Crippen LogP contribution in [0.15, 0.2) is 47.9 Å². The van der Waals surface area contributed by atoms with Gasteiger partial charge in [-0.2, -0.15) is 5.10 Å². The molecule has 0 unspecified atom stereocenters. The van der Waals surface area contributed by atoms with Crippen molar-refractivity contribution in [3.05, 3.63) is 53.5 Å². The topological polar surface area (TPSA) is 96.7 Å². The van der Waals surface area contributed by atoms with E-state index in [0.29, 0.717) is 5.69 Å². The van der Waals surface area contributed by atoms with Crippen molar-refractivity contribution in [3.8, 4) is 5.69 Å². The van der Waals surface area contributed by atoms with E-state index in [1.165, 1.54) is 12.0 Å². The largest absolute Gasteiger partial charge is 0.466 e. The van der Waals surface area contributed by atoms with Crippen LogP contribution in [0.3, 0.4) is 0 Å². The van der Waals surface area contributed by atoms with Crippen molar-refractivity contribution < 1.29 is 19.4 Å². The first-order valence-electron chi connectivity index (χ1n) is 8.14. The molecule has 2 aromatic rings. The quantitative estimate of drug-likeness (QED) is 0.745. The molecule has 26 heavy (non-hydrogen) atoms.